The molecule has 1 aromatic heterocycles. The minimum absolute atomic E-state index is 0.0455. The van der Waals surface area contributed by atoms with E-state index in [9.17, 15) is 9.18 Å². The molecule has 2 aromatic rings. The molecule has 0 saturated heterocycles. The molecule has 0 fully saturated rings. The monoisotopic (exact) mass is 328 g/mol. The van der Waals surface area contributed by atoms with Crippen LogP contribution in [0.1, 0.15) is 5.56 Å². The number of halogens is 2. The van der Waals surface area contributed by atoms with Crippen molar-refractivity contribution in [3.05, 3.63) is 40.4 Å². The van der Waals surface area contributed by atoms with Gasteiger partial charge in [0.2, 0.25) is 5.95 Å². The van der Waals surface area contributed by atoms with E-state index in [0.29, 0.717) is 10.0 Å². The lowest BCUT2D eigenvalue weighted by atomic mass is 10.2. The fourth-order valence-electron chi connectivity index (χ4n) is 1.36. The zero-order chi connectivity index (χ0) is 13.8. The van der Waals surface area contributed by atoms with Gasteiger partial charge >= 0.3 is 5.97 Å². The zero-order valence-corrected chi connectivity index (χ0v) is 11.3. The SMILES string of the molecule is Nc1ncn(CC(=O)OCc2ccc(F)cc2Br)n1. The second-order valence-corrected chi connectivity index (χ2v) is 4.55. The van der Waals surface area contributed by atoms with E-state index in [1.54, 1.807) is 6.07 Å². The Bertz CT molecular complexity index is 602. The lowest BCUT2D eigenvalue weighted by Gasteiger charge is -2.06. The molecule has 0 aliphatic carbocycles. The summed E-state index contributed by atoms with van der Waals surface area (Å²) in [7, 11) is 0. The number of ether oxygens (including phenoxy) is 1. The Labute approximate surface area is 116 Å². The van der Waals surface area contributed by atoms with Gasteiger partial charge < -0.3 is 10.5 Å². The molecular weight excluding hydrogens is 319 g/mol. The summed E-state index contributed by atoms with van der Waals surface area (Å²) in [6.07, 6.45) is 1.34. The van der Waals surface area contributed by atoms with Crippen molar-refractivity contribution >= 4 is 27.8 Å². The van der Waals surface area contributed by atoms with Gasteiger partial charge in [-0.2, -0.15) is 0 Å². The van der Waals surface area contributed by atoms with Gasteiger partial charge in [0.25, 0.3) is 0 Å². The molecule has 6 nitrogen and oxygen atoms in total. The first-order chi connectivity index (χ1) is 9.04. The van der Waals surface area contributed by atoms with E-state index < -0.39 is 5.97 Å². The second-order valence-electron chi connectivity index (χ2n) is 3.70. The molecule has 0 unspecified atom stereocenters. The van der Waals surface area contributed by atoms with Gasteiger partial charge in [-0.3, -0.25) is 4.79 Å². The fourth-order valence-corrected chi connectivity index (χ4v) is 1.83. The largest absolute Gasteiger partial charge is 0.459 e. The molecule has 0 amide bonds. The van der Waals surface area contributed by atoms with Crippen LogP contribution in [0.15, 0.2) is 29.0 Å². The topological polar surface area (TPSA) is 83.0 Å². The number of nitrogen functional groups attached to an aromatic ring is 1. The first-order valence-electron chi connectivity index (χ1n) is 5.29. The summed E-state index contributed by atoms with van der Waals surface area (Å²) in [5.74, 6) is -0.754. The second kappa shape index (κ2) is 5.79. The van der Waals surface area contributed by atoms with E-state index in [2.05, 4.69) is 26.0 Å². The summed E-state index contributed by atoms with van der Waals surface area (Å²) >= 11 is 3.19. The predicted molar refractivity (Wildman–Crippen MR) is 68.3 cm³/mol. The van der Waals surface area contributed by atoms with Gasteiger partial charge in [0.1, 0.15) is 25.3 Å². The molecule has 1 aromatic carbocycles. The third-order valence-corrected chi connectivity index (χ3v) is 2.99. The van der Waals surface area contributed by atoms with Crippen LogP contribution in [0.4, 0.5) is 10.3 Å². The van der Waals surface area contributed by atoms with Crippen LogP contribution in [-0.2, 0) is 22.7 Å². The maximum atomic E-state index is 12.9. The number of carbonyl (C=O) groups excluding carboxylic acids is 1. The van der Waals surface area contributed by atoms with Gasteiger partial charge in [-0.05, 0) is 12.1 Å². The predicted octanol–water partition coefficient (Wildman–Crippen LogP) is 1.51. The smallest absolute Gasteiger partial charge is 0.328 e. The molecule has 0 aliphatic heterocycles. The first-order valence-corrected chi connectivity index (χ1v) is 6.08. The summed E-state index contributed by atoms with van der Waals surface area (Å²) in [5.41, 5.74) is 5.99. The van der Waals surface area contributed by atoms with Crippen LogP contribution >= 0.6 is 15.9 Å². The standard InChI is InChI=1S/C11H10BrFN4O2/c12-9-3-8(13)2-1-7(9)5-19-10(18)4-17-6-15-11(14)16-17/h1-3,6H,4-5H2,(H2,14,16). The van der Waals surface area contributed by atoms with Crippen LogP contribution < -0.4 is 5.73 Å². The molecule has 1 heterocycles. The van der Waals surface area contributed by atoms with Crippen LogP contribution in [0, 0.1) is 5.82 Å². The number of hydrogen-bond acceptors (Lipinski definition) is 5. The molecular formula is C11H10BrFN4O2. The average Bonchev–Trinajstić information content (AvgIpc) is 2.73. The van der Waals surface area contributed by atoms with E-state index in [1.165, 1.54) is 23.1 Å². The van der Waals surface area contributed by atoms with Crippen LogP contribution in [0.5, 0.6) is 0 Å². The molecule has 100 valence electrons. The molecule has 0 bridgehead atoms. The van der Waals surface area contributed by atoms with Crippen molar-refractivity contribution in [3.8, 4) is 0 Å². The summed E-state index contributed by atoms with van der Waals surface area (Å²) in [5, 5.41) is 3.76. The lowest BCUT2D eigenvalue weighted by molar-refractivity contribution is -0.145. The zero-order valence-electron chi connectivity index (χ0n) is 9.72. The Kier molecular flexibility index (Phi) is 4.10. The molecule has 0 atom stereocenters. The third-order valence-electron chi connectivity index (χ3n) is 2.25. The molecule has 0 spiro atoms. The highest BCUT2D eigenvalue weighted by atomic mass is 79.9. The highest BCUT2D eigenvalue weighted by molar-refractivity contribution is 9.10. The van der Waals surface area contributed by atoms with Crippen molar-refractivity contribution in [3.63, 3.8) is 0 Å². The number of aromatic nitrogens is 3. The first kappa shape index (κ1) is 13.5. The van der Waals surface area contributed by atoms with Gasteiger partial charge in [-0.25, -0.2) is 14.1 Å². The minimum atomic E-state index is -0.485. The van der Waals surface area contributed by atoms with E-state index in [-0.39, 0.29) is 24.9 Å². The fraction of sp³-hybridized carbons (Fsp3) is 0.182. The summed E-state index contributed by atoms with van der Waals surface area (Å²) in [6.45, 7) is -0.0348. The van der Waals surface area contributed by atoms with E-state index >= 15 is 0 Å². The van der Waals surface area contributed by atoms with Crippen molar-refractivity contribution < 1.29 is 13.9 Å². The average molecular weight is 329 g/mol. The third kappa shape index (κ3) is 3.75. The maximum Gasteiger partial charge on any atom is 0.328 e. The van der Waals surface area contributed by atoms with Crippen LogP contribution in [0.3, 0.4) is 0 Å². The Morgan fingerprint density at radius 1 is 1.53 bits per heavy atom. The molecule has 2 rings (SSSR count). The molecule has 0 saturated carbocycles. The van der Waals surface area contributed by atoms with Crippen molar-refractivity contribution in [1.29, 1.82) is 0 Å². The van der Waals surface area contributed by atoms with Crippen molar-refractivity contribution in [2.75, 3.05) is 5.73 Å². The molecule has 8 heteroatoms. The van der Waals surface area contributed by atoms with Crippen LogP contribution in [0.25, 0.3) is 0 Å². The lowest BCUT2D eigenvalue weighted by Crippen LogP contribution is -2.14. The van der Waals surface area contributed by atoms with Gasteiger partial charge in [0.05, 0.1) is 0 Å². The van der Waals surface area contributed by atoms with Gasteiger partial charge in [-0.1, -0.05) is 22.0 Å². The van der Waals surface area contributed by atoms with E-state index in [4.69, 9.17) is 10.5 Å². The number of carbonyl (C=O) groups is 1. The highest BCUT2D eigenvalue weighted by Gasteiger charge is 2.08. The number of nitrogens with two attached hydrogens (primary N) is 1. The van der Waals surface area contributed by atoms with Crippen LogP contribution in [0.2, 0.25) is 0 Å². The number of esters is 1. The summed E-state index contributed by atoms with van der Waals surface area (Å²) < 4.78 is 19.7. The number of nitrogens with zero attached hydrogens (tertiary/aromatic N) is 3. The number of benzene rings is 1. The Balaban J connectivity index is 1.89. The summed E-state index contributed by atoms with van der Waals surface area (Å²) in [6, 6.07) is 4.15. The molecule has 0 aliphatic rings. The Hall–Kier alpha value is -1.96. The minimum Gasteiger partial charge on any atom is -0.459 e. The van der Waals surface area contributed by atoms with Crippen molar-refractivity contribution in [1.82, 2.24) is 14.8 Å². The van der Waals surface area contributed by atoms with Gasteiger partial charge in [0.15, 0.2) is 0 Å². The number of anilines is 1. The normalized spacial score (nSPS) is 10.4. The van der Waals surface area contributed by atoms with Crippen LogP contribution in [-0.4, -0.2) is 20.7 Å². The van der Waals surface area contributed by atoms with Gasteiger partial charge in [0, 0.05) is 10.0 Å². The highest BCUT2D eigenvalue weighted by Crippen LogP contribution is 2.18. The Morgan fingerprint density at radius 2 is 2.32 bits per heavy atom. The molecule has 2 N–H and O–H groups in total. The molecule has 19 heavy (non-hydrogen) atoms. The number of rotatable bonds is 4. The Morgan fingerprint density at radius 3 is 2.95 bits per heavy atom. The van der Waals surface area contributed by atoms with Crippen molar-refractivity contribution in [2.45, 2.75) is 13.2 Å². The van der Waals surface area contributed by atoms with E-state index in [0.717, 1.165) is 0 Å². The van der Waals surface area contributed by atoms with Gasteiger partial charge in [-0.15, -0.1) is 5.10 Å². The number of hydrogen-bond donors (Lipinski definition) is 1. The molecule has 0 radical (unpaired) electrons. The summed E-state index contributed by atoms with van der Waals surface area (Å²) in [4.78, 5) is 15.2. The van der Waals surface area contributed by atoms with Crippen molar-refractivity contribution in [2.24, 2.45) is 0 Å². The van der Waals surface area contributed by atoms with E-state index in [1.807, 2.05) is 0 Å². The quantitative estimate of drug-likeness (QED) is 0.860. The maximum absolute atomic E-state index is 12.9.